The van der Waals surface area contributed by atoms with Gasteiger partial charge in [-0.2, -0.15) is 5.10 Å². The van der Waals surface area contributed by atoms with Crippen LogP contribution in [0.25, 0.3) is 16.7 Å². The quantitative estimate of drug-likeness (QED) is 0.528. The van der Waals surface area contributed by atoms with Crippen LogP contribution in [0.5, 0.6) is 0 Å². The average Bonchev–Trinajstić information content (AvgIpc) is 3.03. The number of anilines is 1. The number of amides is 1. The predicted molar refractivity (Wildman–Crippen MR) is 118 cm³/mol. The second kappa shape index (κ2) is 7.51. The first kappa shape index (κ1) is 20.5. The van der Waals surface area contributed by atoms with Crippen molar-refractivity contribution < 1.29 is 4.79 Å². The van der Waals surface area contributed by atoms with Gasteiger partial charge in [-0.25, -0.2) is 14.5 Å². The van der Waals surface area contributed by atoms with Crippen molar-refractivity contribution in [2.24, 2.45) is 14.1 Å². The molecule has 4 rings (SSSR count). The summed E-state index contributed by atoms with van der Waals surface area (Å²) in [6.45, 7) is 3.70. The fourth-order valence-corrected chi connectivity index (χ4v) is 3.48. The maximum absolute atomic E-state index is 12.7. The van der Waals surface area contributed by atoms with Crippen molar-refractivity contribution in [2.75, 3.05) is 5.32 Å². The molecule has 0 spiro atoms. The molecule has 3 aromatic heterocycles. The Kier molecular flexibility index (Phi) is 4.98. The highest BCUT2D eigenvalue weighted by molar-refractivity contribution is 6.31. The molecule has 3 heterocycles. The van der Waals surface area contributed by atoms with Gasteiger partial charge in [0, 0.05) is 19.7 Å². The normalized spacial score (nSPS) is 11.1. The number of benzene rings is 1. The molecule has 0 saturated carbocycles. The van der Waals surface area contributed by atoms with E-state index < -0.39 is 11.2 Å². The molecule has 31 heavy (non-hydrogen) atoms. The van der Waals surface area contributed by atoms with Crippen molar-refractivity contribution in [3.63, 3.8) is 0 Å². The fourth-order valence-electron chi connectivity index (χ4n) is 3.37. The Morgan fingerprint density at radius 2 is 1.74 bits per heavy atom. The summed E-state index contributed by atoms with van der Waals surface area (Å²) in [7, 11) is 2.93. The second-order valence-corrected chi connectivity index (χ2v) is 7.58. The van der Waals surface area contributed by atoms with Crippen molar-refractivity contribution in [1.29, 1.82) is 0 Å². The Hall–Kier alpha value is -3.72. The number of aryl methyl sites for hydroxylation is 2. The summed E-state index contributed by atoms with van der Waals surface area (Å²) in [6.07, 6.45) is 1.41. The molecular weight excluding hydrogens is 420 g/mol. The number of carbonyl (C=O) groups excluding carboxylic acids is 1. The molecule has 0 saturated heterocycles. The van der Waals surface area contributed by atoms with Gasteiger partial charge in [0.25, 0.3) is 11.5 Å². The number of halogens is 1. The first-order valence-corrected chi connectivity index (χ1v) is 9.76. The Morgan fingerprint density at radius 1 is 1.06 bits per heavy atom. The van der Waals surface area contributed by atoms with Crippen molar-refractivity contribution in [3.8, 4) is 5.69 Å². The number of rotatable bonds is 3. The summed E-state index contributed by atoms with van der Waals surface area (Å²) in [5.41, 5.74) is 2.40. The zero-order chi connectivity index (χ0) is 22.4. The largest absolute Gasteiger partial charge is 0.332 e. The molecule has 0 radical (unpaired) electrons. The number of carbonyl (C=O) groups is 1. The Bertz CT molecular complexity index is 1460. The zero-order valence-electron chi connectivity index (χ0n) is 17.3. The standard InChI is InChI=1S/C21H19ClN6O3/c1-11-17(22)12(2)28(25-11)15-7-5-13(6-8-15)19(29)24-14-9-16-18(23-10-14)26(3)21(31)27(4)20(16)30/h5-10H,1-4H3,(H,24,29). The average molecular weight is 439 g/mol. The molecule has 0 aliphatic rings. The molecule has 0 aliphatic heterocycles. The predicted octanol–water partition coefficient (Wildman–Crippen LogP) is 2.34. The third kappa shape index (κ3) is 3.42. The van der Waals surface area contributed by atoms with E-state index >= 15 is 0 Å². The van der Waals surface area contributed by atoms with E-state index in [1.165, 1.54) is 30.9 Å². The molecule has 0 bridgehead atoms. The maximum Gasteiger partial charge on any atom is 0.332 e. The van der Waals surface area contributed by atoms with E-state index in [2.05, 4.69) is 15.4 Å². The minimum Gasteiger partial charge on any atom is -0.321 e. The van der Waals surface area contributed by atoms with Crippen LogP contribution < -0.4 is 16.6 Å². The van der Waals surface area contributed by atoms with Gasteiger partial charge in [0.15, 0.2) is 0 Å². The zero-order valence-corrected chi connectivity index (χ0v) is 18.1. The van der Waals surface area contributed by atoms with Crippen molar-refractivity contribution in [1.82, 2.24) is 23.9 Å². The van der Waals surface area contributed by atoms with Gasteiger partial charge in [-0.1, -0.05) is 11.6 Å². The molecule has 10 heteroatoms. The Labute approximate surface area is 181 Å². The Balaban J connectivity index is 1.62. The van der Waals surface area contributed by atoms with Crippen LogP contribution in [0, 0.1) is 13.8 Å². The van der Waals surface area contributed by atoms with Gasteiger partial charge in [-0.3, -0.25) is 18.7 Å². The summed E-state index contributed by atoms with van der Waals surface area (Å²) in [5.74, 6) is -0.360. The van der Waals surface area contributed by atoms with Crippen molar-refractivity contribution in [3.05, 3.63) is 79.3 Å². The lowest BCUT2D eigenvalue weighted by atomic mass is 10.2. The number of pyridine rings is 1. The number of nitrogens with zero attached hydrogens (tertiary/aromatic N) is 5. The van der Waals surface area contributed by atoms with Crippen molar-refractivity contribution >= 4 is 34.2 Å². The number of hydrogen-bond donors (Lipinski definition) is 1. The van der Waals surface area contributed by atoms with Crippen LogP contribution in [0.4, 0.5) is 5.69 Å². The smallest absolute Gasteiger partial charge is 0.321 e. The van der Waals surface area contributed by atoms with E-state index in [0.717, 1.165) is 21.6 Å². The molecular formula is C21H19ClN6O3. The number of hydrogen-bond acceptors (Lipinski definition) is 5. The molecule has 4 aromatic rings. The molecule has 0 atom stereocenters. The SMILES string of the molecule is Cc1nn(-c2ccc(C(=O)Nc3cnc4c(c3)c(=O)n(C)c(=O)n4C)cc2)c(C)c1Cl. The minimum absolute atomic E-state index is 0.235. The summed E-state index contributed by atoms with van der Waals surface area (Å²) in [4.78, 5) is 41.3. The summed E-state index contributed by atoms with van der Waals surface area (Å²) in [6, 6.07) is 8.40. The molecule has 1 aromatic carbocycles. The summed E-state index contributed by atoms with van der Waals surface area (Å²) < 4.78 is 4.00. The highest BCUT2D eigenvalue weighted by atomic mass is 35.5. The van der Waals surface area contributed by atoms with E-state index in [1.54, 1.807) is 28.9 Å². The lowest BCUT2D eigenvalue weighted by Gasteiger charge is -2.10. The first-order valence-electron chi connectivity index (χ1n) is 9.38. The van der Waals surface area contributed by atoms with Crippen LogP contribution in [-0.2, 0) is 14.1 Å². The van der Waals surface area contributed by atoms with Gasteiger partial charge < -0.3 is 5.32 Å². The molecule has 0 fully saturated rings. The number of aromatic nitrogens is 5. The van der Waals surface area contributed by atoms with Gasteiger partial charge in [-0.05, 0) is 44.2 Å². The van der Waals surface area contributed by atoms with E-state index in [-0.39, 0.29) is 16.9 Å². The maximum atomic E-state index is 12.7. The van der Waals surface area contributed by atoms with Gasteiger partial charge in [0.05, 0.1) is 39.4 Å². The van der Waals surface area contributed by atoms with E-state index in [4.69, 9.17) is 11.6 Å². The minimum atomic E-state index is -0.477. The van der Waals surface area contributed by atoms with Crippen LogP contribution in [0.3, 0.4) is 0 Å². The topological polar surface area (TPSA) is 104 Å². The van der Waals surface area contributed by atoms with E-state index in [0.29, 0.717) is 16.3 Å². The summed E-state index contributed by atoms with van der Waals surface area (Å²) in [5, 5.41) is 7.98. The lowest BCUT2D eigenvalue weighted by molar-refractivity contribution is 0.102. The third-order valence-electron chi connectivity index (χ3n) is 5.13. The summed E-state index contributed by atoms with van der Waals surface area (Å²) >= 11 is 6.21. The van der Waals surface area contributed by atoms with Crippen LogP contribution >= 0.6 is 11.6 Å². The first-order chi connectivity index (χ1) is 14.7. The van der Waals surface area contributed by atoms with Crippen LogP contribution in [-0.4, -0.2) is 29.8 Å². The third-order valence-corrected chi connectivity index (χ3v) is 5.68. The monoisotopic (exact) mass is 438 g/mol. The molecule has 0 unspecified atom stereocenters. The molecule has 9 nitrogen and oxygen atoms in total. The van der Waals surface area contributed by atoms with Gasteiger partial charge in [0.2, 0.25) is 0 Å². The second-order valence-electron chi connectivity index (χ2n) is 7.20. The Morgan fingerprint density at radius 3 is 2.35 bits per heavy atom. The fraction of sp³-hybridized carbons (Fsp3) is 0.190. The highest BCUT2D eigenvalue weighted by Gasteiger charge is 2.14. The molecule has 158 valence electrons. The van der Waals surface area contributed by atoms with Crippen LogP contribution in [0.2, 0.25) is 5.02 Å². The van der Waals surface area contributed by atoms with Crippen LogP contribution in [0.15, 0.2) is 46.1 Å². The van der Waals surface area contributed by atoms with E-state index in [9.17, 15) is 14.4 Å². The van der Waals surface area contributed by atoms with Gasteiger partial charge >= 0.3 is 5.69 Å². The highest BCUT2D eigenvalue weighted by Crippen LogP contribution is 2.22. The number of nitrogens with one attached hydrogen (secondary N) is 1. The van der Waals surface area contributed by atoms with Gasteiger partial charge in [-0.15, -0.1) is 0 Å². The van der Waals surface area contributed by atoms with E-state index in [1.807, 2.05) is 13.8 Å². The lowest BCUT2D eigenvalue weighted by Crippen LogP contribution is -2.37. The molecule has 1 N–H and O–H groups in total. The van der Waals surface area contributed by atoms with Crippen molar-refractivity contribution in [2.45, 2.75) is 13.8 Å². The van der Waals surface area contributed by atoms with Gasteiger partial charge in [0.1, 0.15) is 5.65 Å². The number of fused-ring (bicyclic) bond motifs is 1. The molecule has 1 amide bonds. The molecule has 0 aliphatic carbocycles. The van der Waals surface area contributed by atoms with Crippen LogP contribution in [0.1, 0.15) is 21.7 Å².